The zero-order valence-corrected chi connectivity index (χ0v) is 9.00. The molecule has 1 aromatic rings. The molecule has 0 aliphatic carbocycles. The normalized spacial score (nSPS) is 9.88. The molecule has 0 aromatic carbocycles. The first-order valence-electron chi connectivity index (χ1n) is 4.90. The molecule has 0 atom stereocenters. The van der Waals surface area contributed by atoms with Crippen molar-refractivity contribution in [3.05, 3.63) is 12.4 Å². The molecule has 9 heteroatoms. The van der Waals surface area contributed by atoms with E-state index in [1.807, 2.05) is 5.48 Å². The van der Waals surface area contributed by atoms with Gasteiger partial charge in [-0.1, -0.05) is 5.21 Å². The monoisotopic (exact) mass is 243 g/mol. The van der Waals surface area contributed by atoms with Crippen molar-refractivity contribution >= 4 is 12.0 Å². The number of carboxylic acid groups (broad SMARTS) is 1. The number of aromatic nitrogens is 3. The summed E-state index contributed by atoms with van der Waals surface area (Å²) in [6.45, 7) is 0.477. The third-order valence-electron chi connectivity index (χ3n) is 1.68. The van der Waals surface area contributed by atoms with Crippen LogP contribution in [0.4, 0.5) is 4.79 Å². The highest BCUT2D eigenvalue weighted by Gasteiger charge is 2.01. The van der Waals surface area contributed by atoms with E-state index in [0.29, 0.717) is 19.5 Å². The van der Waals surface area contributed by atoms with Crippen LogP contribution in [0.2, 0.25) is 0 Å². The summed E-state index contributed by atoms with van der Waals surface area (Å²) in [5, 5.41) is 18.1. The van der Waals surface area contributed by atoms with Crippen LogP contribution in [0.15, 0.2) is 12.4 Å². The Labute approximate surface area is 96.7 Å². The van der Waals surface area contributed by atoms with Gasteiger partial charge in [0, 0.05) is 19.3 Å². The molecule has 0 fully saturated rings. The van der Waals surface area contributed by atoms with E-state index >= 15 is 0 Å². The lowest BCUT2D eigenvalue weighted by atomic mass is 10.4. The molecular formula is C8H13N5O4. The van der Waals surface area contributed by atoms with Gasteiger partial charge in [-0.15, -0.1) is 5.10 Å². The lowest BCUT2D eigenvalue weighted by Crippen LogP contribution is -2.37. The van der Waals surface area contributed by atoms with E-state index in [4.69, 9.17) is 5.11 Å². The Hall–Kier alpha value is -2.16. The Morgan fingerprint density at radius 1 is 1.47 bits per heavy atom. The molecule has 9 nitrogen and oxygen atoms in total. The Bertz CT molecular complexity index is 353. The molecule has 17 heavy (non-hydrogen) atoms. The Morgan fingerprint density at radius 2 is 2.29 bits per heavy atom. The topological polar surface area (TPSA) is 118 Å². The van der Waals surface area contributed by atoms with E-state index < -0.39 is 18.6 Å². The summed E-state index contributed by atoms with van der Waals surface area (Å²) >= 11 is 0. The van der Waals surface area contributed by atoms with Crippen molar-refractivity contribution in [2.45, 2.75) is 13.0 Å². The second-order valence-corrected chi connectivity index (χ2v) is 3.06. The van der Waals surface area contributed by atoms with Crippen LogP contribution in [0.25, 0.3) is 0 Å². The van der Waals surface area contributed by atoms with Crippen LogP contribution in [0, 0.1) is 0 Å². The number of aryl methyl sites for hydroxylation is 1. The first-order valence-corrected chi connectivity index (χ1v) is 4.90. The van der Waals surface area contributed by atoms with Crippen LogP contribution in [0.1, 0.15) is 6.42 Å². The van der Waals surface area contributed by atoms with Gasteiger partial charge in [-0.25, -0.2) is 15.1 Å². The van der Waals surface area contributed by atoms with E-state index in [1.165, 1.54) is 0 Å². The number of nitrogens with one attached hydrogen (secondary N) is 2. The average Bonchev–Trinajstić information content (AvgIpc) is 2.76. The fourth-order valence-electron chi connectivity index (χ4n) is 0.994. The number of hydrogen-bond donors (Lipinski definition) is 3. The molecule has 1 rings (SSSR count). The van der Waals surface area contributed by atoms with Crippen LogP contribution in [0.3, 0.4) is 0 Å². The first-order chi connectivity index (χ1) is 8.18. The van der Waals surface area contributed by atoms with E-state index in [-0.39, 0.29) is 0 Å². The molecule has 0 saturated carbocycles. The van der Waals surface area contributed by atoms with Gasteiger partial charge in [-0.3, -0.25) is 9.52 Å². The quantitative estimate of drug-likeness (QED) is 0.417. The second kappa shape index (κ2) is 7.17. The van der Waals surface area contributed by atoms with Crippen molar-refractivity contribution in [1.82, 2.24) is 25.8 Å². The van der Waals surface area contributed by atoms with Crippen molar-refractivity contribution < 1.29 is 19.5 Å². The lowest BCUT2D eigenvalue weighted by molar-refractivity contribution is -0.144. The van der Waals surface area contributed by atoms with Gasteiger partial charge in [-0.05, 0) is 6.42 Å². The molecule has 0 spiro atoms. The van der Waals surface area contributed by atoms with Crippen LogP contribution < -0.4 is 10.8 Å². The van der Waals surface area contributed by atoms with Crippen molar-refractivity contribution in [2.75, 3.05) is 13.2 Å². The van der Waals surface area contributed by atoms with Gasteiger partial charge < -0.3 is 10.4 Å². The number of amides is 2. The van der Waals surface area contributed by atoms with Gasteiger partial charge >= 0.3 is 12.0 Å². The fourth-order valence-corrected chi connectivity index (χ4v) is 0.994. The highest BCUT2D eigenvalue weighted by Crippen LogP contribution is 1.85. The number of hydrogen-bond acceptors (Lipinski definition) is 5. The third kappa shape index (κ3) is 6.10. The number of carboxylic acids is 1. The lowest BCUT2D eigenvalue weighted by Gasteiger charge is -2.06. The van der Waals surface area contributed by atoms with Crippen LogP contribution >= 0.6 is 0 Å². The summed E-state index contributed by atoms with van der Waals surface area (Å²) in [7, 11) is 0. The molecule has 94 valence electrons. The minimum absolute atomic E-state index is 0.419. The van der Waals surface area contributed by atoms with Crippen LogP contribution in [-0.4, -0.2) is 45.3 Å². The molecular weight excluding hydrogens is 230 g/mol. The Balaban J connectivity index is 1.98. The fraction of sp³-hybridized carbons (Fsp3) is 0.500. The molecule has 1 heterocycles. The molecule has 0 saturated heterocycles. The number of aliphatic carboxylic acids is 1. The first kappa shape index (κ1) is 12.9. The molecule has 3 N–H and O–H groups in total. The number of carbonyl (C=O) groups is 2. The maximum atomic E-state index is 11.0. The summed E-state index contributed by atoms with van der Waals surface area (Å²) in [4.78, 5) is 25.4. The minimum atomic E-state index is -1.16. The van der Waals surface area contributed by atoms with Crippen molar-refractivity contribution in [3.8, 4) is 0 Å². The molecule has 2 amide bonds. The largest absolute Gasteiger partial charge is 0.479 e. The van der Waals surface area contributed by atoms with Crippen molar-refractivity contribution in [3.63, 3.8) is 0 Å². The summed E-state index contributed by atoms with van der Waals surface area (Å²) in [6, 6.07) is -0.579. The predicted molar refractivity (Wildman–Crippen MR) is 54.8 cm³/mol. The Morgan fingerprint density at radius 3 is 2.94 bits per heavy atom. The number of hydroxylamine groups is 1. The molecule has 0 unspecified atom stereocenters. The van der Waals surface area contributed by atoms with Gasteiger partial charge in [0.2, 0.25) is 0 Å². The maximum Gasteiger partial charge on any atom is 0.338 e. The highest BCUT2D eigenvalue weighted by atomic mass is 16.7. The smallest absolute Gasteiger partial charge is 0.338 e. The van der Waals surface area contributed by atoms with E-state index in [2.05, 4.69) is 20.5 Å². The van der Waals surface area contributed by atoms with Gasteiger partial charge in [0.25, 0.3) is 0 Å². The SMILES string of the molecule is O=C(O)CONC(=O)NCCCn1ccnn1. The van der Waals surface area contributed by atoms with E-state index in [9.17, 15) is 9.59 Å². The molecule has 0 radical (unpaired) electrons. The number of carbonyl (C=O) groups excluding carboxylic acids is 1. The van der Waals surface area contributed by atoms with E-state index in [0.717, 1.165) is 0 Å². The second-order valence-electron chi connectivity index (χ2n) is 3.06. The summed E-state index contributed by atoms with van der Waals surface area (Å²) in [5.74, 6) is -1.16. The number of rotatable bonds is 7. The minimum Gasteiger partial charge on any atom is -0.479 e. The van der Waals surface area contributed by atoms with Gasteiger partial charge in [0.05, 0.1) is 6.20 Å². The van der Waals surface area contributed by atoms with E-state index in [1.54, 1.807) is 17.1 Å². The van der Waals surface area contributed by atoms with Crippen LogP contribution in [0.5, 0.6) is 0 Å². The average molecular weight is 243 g/mol. The van der Waals surface area contributed by atoms with Gasteiger partial charge in [0.15, 0.2) is 6.61 Å². The maximum absolute atomic E-state index is 11.0. The zero-order chi connectivity index (χ0) is 12.5. The number of nitrogens with zero attached hydrogens (tertiary/aromatic N) is 3. The highest BCUT2D eigenvalue weighted by molar-refractivity contribution is 5.73. The molecule has 0 aliphatic heterocycles. The van der Waals surface area contributed by atoms with Crippen LogP contribution in [-0.2, 0) is 16.2 Å². The summed E-state index contributed by atoms with van der Waals surface area (Å²) in [6.07, 6.45) is 3.96. The summed E-state index contributed by atoms with van der Waals surface area (Å²) < 4.78 is 1.64. The van der Waals surface area contributed by atoms with Gasteiger partial charge in [-0.2, -0.15) is 0 Å². The summed E-state index contributed by atoms with van der Waals surface area (Å²) in [5.41, 5.74) is 1.94. The zero-order valence-electron chi connectivity index (χ0n) is 9.00. The molecule has 0 bridgehead atoms. The van der Waals surface area contributed by atoms with Gasteiger partial charge in [0.1, 0.15) is 0 Å². The van der Waals surface area contributed by atoms with Crippen molar-refractivity contribution in [1.29, 1.82) is 0 Å². The molecule has 0 aliphatic rings. The third-order valence-corrected chi connectivity index (χ3v) is 1.68. The standard InChI is InChI=1S/C8H13N5O4/c14-7(15)6-17-11-8(16)9-2-1-4-13-5-3-10-12-13/h3,5H,1-2,4,6H2,(H,14,15)(H2,9,11,16). The number of urea groups is 1. The Kier molecular flexibility index (Phi) is 5.44. The predicted octanol–water partition coefficient (Wildman–Crippen LogP) is -1.02. The molecule has 1 aromatic heterocycles. The van der Waals surface area contributed by atoms with Crippen molar-refractivity contribution in [2.24, 2.45) is 0 Å².